The Morgan fingerprint density at radius 1 is 1.06 bits per heavy atom. The fourth-order valence-electron chi connectivity index (χ4n) is 7.19. The molecule has 2 radical (unpaired) electrons. The number of carboxylic acid groups (broad SMARTS) is 2. The number of Topliss-reactive ketones (excluding diaryl/α,β-unsaturated/α-hetero) is 1. The van der Waals surface area contributed by atoms with Gasteiger partial charge in [-0.1, -0.05) is 55.8 Å². The van der Waals surface area contributed by atoms with Gasteiger partial charge in [0.05, 0.1) is 17.8 Å². The van der Waals surface area contributed by atoms with E-state index in [-0.39, 0.29) is 36.9 Å². The van der Waals surface area contributed by atoms with E-state index >= 15 is 0 Å². The number of rotatable bonds is 9. The van der Waals surface area contributed by atoms with Crippen molar-refractivity contribution in [2.24, 2.45) is 0 Å². The van der Waals surface area contributed by atoms with Crippen LogP contribution in [0.25, 0.3) is 39.3 Å². The Bertz CT molecular complexity index is 2150. The van der Waals surface area contributed by atoms with Crippen molar-refractivity contribution in [1.29, 1.82) is 0 Å². The van der Waals surface area contributed by atoms with Crippen LogP contribution in [0.1, 0.15) is 114 Å². The van der Waals surface area contributed by atoms with Crippen molar-refractivity contribution in [2.75, 3.05) is 0 Å². The summed E-state index contributed by atoms with van der Waals surface area (Å²) in [4.78, 5) is 69.3. The van der Waals surface area contributed by atoms with Gasteiger partial charge in [-0.25, -0.2) is 9.78 Å². The summed E-state index contributed by atoms with van der Waals surface area (Å²) in [7, 11) is 4.77. The molecule has 258 valence electrons. The average Bonchev–Trinajstić information content (AvgIpc) is 3.82. The van der Waals surface area contributed by atoms with E-state index in [4.69, 9.17) is 33.6 Å². The van der Waals surface area contributed by atoms with E-state index in [0.717, 1.165) is 91.1 Å². The number of hydrogen-bond donors (Lipinski definition) is 3. The van der Waals surface area contributed by atoms with Crippen molar-refractivity contribution in [3.63, 3.8) is 0 Å². The molecule has 3 aliphatic rings. The Kier molecular flexibility index (Phi) is 11.1. The second-order valence-corrected chi connectivity index (χ2v) is 12.7. The summed E-state index contributed by atoms with van der Waals surface area (Å²) in [6.45, 7) is 14.1. The van der Waals surface area contributed by atoms with Crippen molar-refractivity contribution >= 4 is 94.7 Å². The number of fused-ring (bicyclic) bond motifs is 8. The first kappa shape index (κ1) is 37.1. The van der Waals surface area contributed by atoms with Crippen LogP contribution in [0.15, 0.2) is 24.8 Å². The molecule has 0 spiro atoms. The first-order valence-corrected chi connectivity index (χ1v) is 20.5. The van der Waals surface area contributed by atoms with E-state index in [2.05, 4.69) is 25.7 Å². The predicted octanol–water partition coefficient (Wildman–Crippen LogP) is 5.93. The zero-order chi connectivity index (χ0) is 36.6. The normalized spacial score (nSPS) is 16.9. The molecule has 5 heterocycles. The van der Waals surface area contributed by atoms with Gasteiger partial charge in [0.1, 0.15) is 6.04 Å². The van der Waals surface area contributed by atoms with Crippen LogP contribution in [0.4, 0.5) is 0 Å². The van der Waals surface area contributed by atoms with Gasteiger partial charge in [-0.15, -0.1) is 22.1 Å². The molecule has 8 bridgehead atoms. The minimum atomic E-state index is -1.54. The molecular formula is C37H37ClInN5O6-2. The van der Waals surface area contributed by atoms with E-state index in [9.17, 15) is 24.3 Å². The van der Waals surface area contributed by atoms with Crippen LogP contribution in [-0.4, -0.2) is 73.0 Å². The SMILES string of the molecule is C=Cc1c(C)c2cc3nc(c4c5[n-]c(cc6nc(cc1[n-]2)C(C)=C6CC)c(C)c5C(=O)C4)[C@@H](CCC(=O)NC(CC(=O)O)C(=O)O)[C@@H]3C.[Cl][In]. The monoisotopic (exact) mass is 797 g/mol. The predicted molar refractivity (Wildman–Crippen MR) is 193 cm³/mol. The average molecular weight is 798 g/mol. The molecule has 6 rings (SSSR count). The van der Waals surface area contributed by atoms with E-state index in [1.54, 1.807) is 6.08 Å². The van der Waals surface area contributed by atoms with Gasteiger partial charge in [0.25, 0.3) is 0 Å². The molecule has 1 aliphatic carbocycles. The number of halogens is 1. The molecule has 11 nitrogen and oxygen atoms in total. The summed E-state index contributed by atoms with van der Waals surface area (Å²) in [5.74, 6) is -3.85. The van der Waals surface area contributed by atoms with Gasteiger partial charge in [-0.2, -0.15) is 0 Å². The standard InChI is InChI=1S/C37H39N5O6.ClH.In/c1-7-20-16(3)24-12-26-18(5)22(9-10-32(44)40-30(37(47)48)15-33(45)46)35(41-26)23-11-31(43)34-19(6)27(42-36(23)34)14-29-21(8-2)17(4)25(39-29)13-28(20)38-24;;/h7,12-14,18,22,30H,1,8-11,15H2,2-6H3,(H5,38,39,40,41,42,43,44,45,46,47,48);1H;/q;;+1/p-3/t18-,22-,30?;;/m0../s1. The molecule has 0 saturated carbocycles. The molecule has 3 aromatic rings. The van der Waals surface area contributed by atoms with Gasteiger partial charge in [-0.3, -0.25) is 19.4 Å². The Balaban J connectivity index is 0.00000239. The van der Waals surface area contributed by atoms with Gasteiger partial charge in [0.15, 0.2) is 5.78 Å². The van der Waals surface area contributed by atoms with E-state index < -0.39 is 30.3 Å². The quantitative estimate of drug-likeness (QED) is 0.235. The number of ketones is 1. The number of nitrogens with zero attached hydrogens (tertiary/aromatic N) is 4. The maximum atomic E-state index is 13.5. The number of carboxylic acids is 2. The number of aromatic nitrogens is 4. The molecule has 0 saturated heterocycles. The van der Waals surface area contributed by atoms with Crippen LogP contribution in [0.3, 0.4) is 0 Å². The van der Waals surface area contributed by atoms with Crippen LogP contribution in [0.5, 0.6) is 0 Å². The number of allylic oxidation sites excluding steroid dienone is 2. The zero-order valence-electron chi connectivity index (χ0n) is 28.6. The first-order chi connectivity index (χ1) is 23.8. The summed E-state index contributed by atoms with van der Waals surface area (Å²) in [5, 5.41) is 20.8. The number of carbonyl (C=O) groups is 4. The van der Waals surface area contributed by atoms with Gasteiger partial charge >= 0.3 is 43.7 Å². The van der Waals surface area contributed by atoms with E-state index in [1.165, 1.54) is 0 Å². The molecule has 0 aromatic carbocycles. The third kappa shape index (κ3) is 6.79. The van der Waals surface area contributed by atoms with E-state index in [1.807, 2.05) is 39.0 Å². The zero-order valence-corrected chi connectivity index (χ0v) is 32.6. The molecule has 13 heteroatoms. The fourth-order valence-corrected chi connectivity index (χ4v) is 7.19. The second kappa shape index (κ2) is 15.0. The third-order valence-corrected chi connectivity index (χ3v) is 9.89. The number of hydrogen-bond acceptors (Lipinski definition) is 6. The van der Waals surface area contributed by atoms with Crippen molar-refractivity contribution in [1.82, 2.24) is 25.3 Å². The molecule has 3 N–H and O–H groups in total. The second-order valence-electron chi connectivity index (χ2n) is 12.7. The fraction of sp³-hybridized carbons (Fsp3) is 0.351. The van der Waals surface area contributed by atoms with Crippen LogP contribution in [-0.2, 0) is 20.8 Å². The molecule has 3 aromatic heterocycles. The number of aryl methyl sites for hydroxylation is 2. The molecule has 3 atom stereocenters. The number of carbonyl (C=O) groups excluding carboxylic acids is 2. The topological polar surface area (TPSA) is 175 Å². The van der Waals surface area contributed by atoms with E-state index in [0.29, 0.717) is 22.3 Å². The summed E-state index contributed by atoms with van der Waals surface area (Å²) in [6.07, 6.45) is 2.18. The van der Waals surface area contributed by atoms with Gasteiger partial charge in [-0.05, 0) is 55.9 Å². The van der Waals surface area contributed by atoms with Crippen LogP contribution in [0, 0.1) is 13.8 Å². The van der Waals surface area contributed by atoms with Crippen molar-refractivity contribution in [3.05, 3.63) is 75.4 Å². The number of amides is 1. The van der Waals surface area contributed by atoms with Gasteiger partial charge in [0, 0.05) is 41.6 Å². The first-order valence-electron chi connectivity index (χ1n) is 16.3. The summed E-state index contributed by atoms with van der Waals surface area (Å²) in [6, 6.07) is 4.32. The van der Waals surface area contributed by atoms with Crippen molar-refractivity contribution in [2.45, 2.75) is 84.6 Å². The third-order valence-electron chi connectivity index (χ3n) is 9.89. The molecule has 1 amide bonds. The Morgan fingerprint density at radius 2 is 1.74 bits per heavy atom. The summed E-state index contributed by atoms with van der Waals surface area (Å²) in [5.41, 5.74) is 11.8. The summed E-state index contributed by atoms with van der Waals surface area (Å²) >= 11 is 0.822. The Hall–Kier alpha value is -4.16. The Labute approximate surface area is 307 Å². The molecule has 0 fully saturated rings. The van der Waals surface area contributed by atoms with Gasteiger partial charge in [0.2, 0.25) is 5.91 Å². The summed E-state index contributed by atoms with van der Waals surface area (Å²) < 4.78 is 0. The Morgan fingerprint density at radius 3 is 2.38 bits per heavy atom. The number of nitrogens with one attached hydrogen (secondary N) is 1. The molecule has 2 aliphatic heterocycles. The van der Waals surface area contributed by atoms with Crippen molar-refractivity contribution < 1.29 is 29.4 Å². The minimum absolute atomic E-state index is 0.0433. The van der Waals surface area contributed by atoms with Crippen LogP contribution < -0.4 is 15.3 Å². The number of aliphatic carboxylic acids is 2. The van der Waals surface area contributed by atoms with Crippen LogP contribution >= 0.6 is 8.58 Å². The molecular weight excluding hydrogens is 761 g/mol. The molecule has 1 unspecified atom stereocenters. The molecule has 50 heavy (non-hydrogen) atoms. The van der Waals surface area contributed by atoms with Gasteiger partial charge < -0.3 is 25.5 Å². The van der Waals surface area contributed by atoms with Crippen molar-refractivity contribution in [3.8, 4) is 0 Å². The maximum absolute atomic E-state index is 13.5. The van der Waals surface area contributed by atoms with Crippen LogP contribution in [0.2, 0.25) is 0 Å².